The summed E-state index contributed by atoms with van der Waals surface area (Å²) in [5.41, 5.74) is 0.758. The lowest BCUT2D eigenvalue weighted by atomic mass is 10.1. The van der Waals surface area contributed by atoms with Crippen molar-refractivity contribution in [2.75, 3.05) is 13.1 Å². The quantitative estimate of drug-likeness (QED) is 0.665. The van der Waals surface area contributed by atoms with Gasteiger partial charge >= 0.3 is 0 Å². The predicted molar refractivity (Wildman–Crippen MR) is 46.8 cm³/mol. The summed E-state index contributed by atoms with van der Waals surface area (Å²) in [6, 6.07) is 0.545. The zero-order valence-electron chi connectivity index (χ0n) is 7.03. The molecule has 1 saturated heterocycles. The molecule has 0 amide bonds. The Morgan fingerprint density at radius 3 is 2.83 bits per heavy atom. The lowest BCUT2D eigenvalue weighted by Crippen LogP contribution is -2.29. The van der Waals surface area contributed by atoms with E-state index in [1.165, 1.54) is 0 Å². The van der Waals surface area contributed by atoms with Crippen molar-refractivity contribution in [2.45, 2.75) is 18.9 Å². The van der Waals surface area contributed by atoms with Gasteiger partial charge in [0.2, 0.25) is 0 Å². The summed E-state index contributed by atoms with van der Waals surface area (Å²) >= 11 is 0. The van der Waals surface area contributed by atoms with E-state index in [0.717, 1.165) is 31.5 Å². The fraction of sp³-hybridized carbons (Fsp3) is 0.556. The first-order valence-electron chi connectivity index (χ1n) is 4.36. The van der Waals surface area contributed by atoms with Gasteiger partial charge < -0.3 is 5.32 Å². The topological polar surface area (TPSA) is 29.9 Å². The fourth-order valence-electron chi connectivity index (χ4n) is 1.62. The maximum atomic E-state index is 5.59. The zero-order chi connectivity index (χ0) is 8.39. The van der Waals surface area contributed by atoms with E-state index in [1.807, 2.05) is 10.9 Å². The minimum absolute atomic E-state index is 0.545. The second kappa shape index (κ2) is 3.27. The molecule has 0 atom stereocenters. The Balaban J connectivity index is 2.08. The number of aromatic nitrogens is 2. The summed E-state index contributed by atoms with van der Waals surface area (Å²) in [5, 5.41) is 7.52. The van der Waals surface area contributed by atoms with Gasteiger partial charge in [-0.3, -0.25) is 4.68 Å². The largest absolute Gasteiger partial charge is 0.317 e. The van der Waals surface area contributed by atoms with E-state index in [2.05, 4.69) is 10.4 Å². The van der Waals surface area contributed by atoms with Crippen LogP contribution in [0.15, 0.2) is 12.4 Å². The van der Waals surface area contributed by atoms with E-state index in [9.17, 15) is 0 Å². The van der Waals surface area contributed by atoms with Crippen molar-refractivity contribution in [1.29, 1.82) is 0 Å². The van der Waals surface area contributed by atoms with E-state index >= 15 is 0 Å². The van der Waals surface area contributed by atoms with Crippen molar-refractivity contribution in [2.24, 2.45) is 0 Å². The molecule has 0 unspecified atom stereocenters. The molecule has 2 radical (unpaired) electrons. The maximum absolute atomic E-state index is 5.59. The van der Waals surface area contributed by atoms with Crippen molar-refractivity contribution >= 4 is 0 Å². The molecule has 64 valence electrons. The van der Waals surface area contributed by atoms with Crippen LogP contribution < -0.4 is 5.32 Å². The first-order chi connectivity index (χ1) is 5.86. The predicted octanol–water partition coefficient (Wildman–Crippen LogP) is 0.867. The summed E-state index contributed by atoms with van der Waals surface area (Å²) in [7, 11) is 0. The summed E-state index contributed by atoms with van der Waals surface area (Å²) < 4.78 is 1.98. The Morgan fingerprint density at radius 2 is 2.25 bits per heavy atom. The Hall–Kier alpha value is -0.830. The van der Waals surface area contributed by atoms with Crippen molar-refractivity contribution < 1.29 is 0 Å². The number of nitrogens with one attached hydrogen (secondary N) is 1. The maximum Gasteiger partial charge on any atom is 0.0543 e. The van der Waals surface area contributed by atoms with Gasteiger partial charge in [-0.1, -0.05) is 0 Å². The van der Waals surface area contributed by atoms with Crippen LogP contribution in [0.5, 0.6) is 0 Å². The van der Waals surface area contributed by atoms with Gasteiger partial charge in [-0.05, 0) is 31.5 Å². The standard InChI is InChI=1S/C9H13N3/c1-8-6-11-12(7-8)9-2-4-10-5-3-9/h1,6-7,9-10H,2-5H2. The number of piperidine rings is 1. The summed E-state index contributed by atoms with van der Waals surface area (Å²) in [6.07, 6.45) is 5.93. The average molecular weight is 163 g/mol. The number of nitrogens with zero attached hydrogens (tertiary/aromatic N) is 2. The minimum atomic E-state index is 0.545. The lowest BCUT2D eigenvalue weighted by molar-refractivity contribution is 0.343. The number of hydrogen-bond acceptors (Lipinski definition) is 2. The van der Waals surface area contributed by atoms with Crippen molar-refractivity contribution in [3.05, 3.63) is 24.9 Å². The molecule has 0 aromatic carbocycles. The first kappa shape index (κ1) is 7.80. The third-order valence-corrected chi connectivity index (χ3v) is 2.30. The van der Waals surface area contributed by atoms with Gasteiger partial charge in [-0.2, -0.15) is 5.10 Å². The summed E-state index contributed by atoms with van der Waals surface area (Å²) in [5.74, 6) is 0. The highest BCUT2D eigenvalue weighted by molar-refractivity contribution is 5.07. The van der Waals surface area contributed by atoms with Gasteiger partial charge in [0, 0.05) is 13.1 Å². The molecule has 0 saturated carbocycles. The van der Waals surface area contributed by atoms with Crippen LogP contribution in [-0.4, -0.2) is 22.9 Å². The van der Waals surface area contributed by atoms with E-state index in [0.29, 0.717) is 6.04 Å². The van der Waals surface area contributed by atoms with Gasteiger partial charge in [0.15, 0.2) is 0 Å². The molecule has 2 heterocycles. The molecular formula is C9H13N3. The highest BCUT2D eigenvalue weighted by Gasteiger charge is 2.14. The molecule has 3 nitrogen and oxygen atoms in total. The molecule has 1 aromatic heterocycles. The fourth-order valence-corrected chi connectivity index (χ4v) is 1.62. The number of rotatable bonds is 1. The van der Waals surface area contributed by atoms with E-state index in [-0.39, 0.29) is 0 Å². The molecule has 3 heteroatoms. The van der Waals surface area contributed by atoms with Crippen molar-refractivity contribution in [3.63, 3.8) is 0 Å². The minimum Gasteiger partial charge on any atom is -0.317 e. The molecular weight excluding hydrogens is 150 g/mol. The smallest absolute Gasteiger partial charge is 0.0543 e. The highest BCUT2D eigenvalue weighted by atomic mass is 15.3. The van der Waals surface area contributed by atoms with Gasteiger partial charge in [0.1, 0.15) is 0 Å². The summed E-state index contributed by atoms with van der Waals surface area (Å²) in [4.78, 5) is 0. The van der Waals surface area contributed by atoms with Crippen LogP contribution in [0.4, 0.5) is 0 Å². The molecule has 1 N–H and O–H groups in total. The van der Waals surface area contributed by atoms with Crippen molar-refractivity contribution in [3.8, 4) is 0 Å². The zero-order valence-corrected chi connectivity index (χ0v) is 7.03. The van der Waals surface area contributed by atoms with Crippen LogP contribution in [0.25, 0.3) is 0 Å². The summed E-state index contributed by atoms with van der Waals surface area (Å²) in [6.45, 7) is 7.76. The van der Waals surface area contributed by atoms with Gasteiger partial charge in [-0.25, -0.2) is 0 Å². The molecule has 12 heavy (non-hydrogen) atoms. The average Bonchev–Trinajstić information content (AvgIpc) is 2.54. The van der Waals surface area contributed by atoms with Crippen LogP contribution in [0.1, 0.15) is 24.4 Å². The normalized spacial score (nSPS) is 19.8. The molecule has 0 bridgehead atoms. The van der Waals surface area contributed by atoms with Crippen LogP contribution in [0.2, 0.25) is 0 Å². The van der Waals surface area contributed by atoms with Gasteiger partial charge in [-0.15, -0.1) is 0 Å². The molecule has 1 aliphatic heterocycles. The third-order valence-electron chi connectivity index (χ3n) is 2.30. The van der Waals surface area contributed by atoms with Crippen LogP contribution in [-0.2, 0) is 0 Å². The van der Waals surface area contributed by atoms with E-state index in [4.69, 9.17) is 6.92 Å². The Morgan fingerprint density at radius 1 is 1.50 bits per heavy atom. The Labute approximate surface area is 72.8 Å². The first-order valence-corrected chi connectivity index (χ1v) is 4.36. The molecule has 0 spiro atoms. The van der Waals surface area contributed by atoms with E-state index in [1.54, 1.807) is 6.20 Å². The molecule has 2 rings (SSSR count). The van der Waals surface area contributed by atoms with Crippen molar-refractivity contribution in [1.82, 2.24) is 15.1 Å². The number of hydrogen-bond donors (Lipinski definition) is 1. The Bertz CT molecular complexity index is 248. The second-order valence-electron chi connectivity index (χ2n) is 3.23. The molecule has 0 aliphatic carbocycles. The highest BCUT2D eigenvalue weighted by Crippen LogP contribution is 2.17. The Kier molecular flexibility index (Phi) is 2.13. The molecule has 1 aromatic rings. The van der Waals surface area contributed by atoms with Crippen LogP contribution in [0, 0.1) is 6.92 Å². The van der Waals surface area contributed by atoms with Crippen LogP contribution >= 0.6 is 0 Å². The van der Waals surface area contributed by atoms with Crippen LogP contribution in [0.3, 0.4) is 0 Å². The SMILES string of the molecule is [CH]c1cnn(C2CCNCC2)c1. The molecule has 1 fully saturated rings. The van der Waals surface area contributed by atoms with Gasteiger partial charge in [0.25, 0.3) is 0 Å². The third kappa shape index (κ3) is 1.50. The monoisotopic (exact) mass is 163 g/mol. The van der Waals surface area contributed by atoms with Gasteiger partial charge in [0.05, 0.1) is 12.2 Å². The molecule has 1 aliphatic rings. The lowest BCUT2D eigenvalue weighted by Gasteiger charge is -2.22. The van der Waals surface area contributed by atoms with E-state index < -0.39 is 0 Å². The second-order valence-corrected chi connectivity index (χ2v) is 3.23.